The average molecular weight is 296 g/mol. The summed E-state index contributed by atoms with van der Waals surface area (Å²) >= 11 is 0. The van der Waals surface area contributed by atoms with E-state index in [4.69, 9.17) is 5.73 Å². The summed E-state index contributed by atoms with van der Waals surface area (Å²) in [6.07, 6.45) is 3.99. The summed E-state index contributed by atoms with van der Waals surface area (Å²) in [6.45, 7) is 3.22. The van der Waals surface area contributed by atoms with Gasteiger partial charge < -0.3 is 5.73 Å². The van der Waals surface area contributed by atoms with E-state index in [0.29, 0.717) is 13.1 Å². The monoisotopic (exact) mass is 296 g/mol. The van der Waals surface area contributed by atoms with Gasteiger partial charge in [-0.1, -0.05) is 37.6 Å². The molecule has 0 aliphatic carbocycles. The SMILES string of the molecule is CCC1CCCCN1S(=O)(=O)Cc1ccc(CN)cc1. The van der Waals surface area contributed by atoms with Gasteiger partial charge >= 0.3 is 0 Å². The number of benzene rings is 1. The molecule has 20 heavy (non-hydrogen) atoms. The Hall–Kier alpha value is -0.910. The summed E-state index contributed by atoms with van der Waals surface area (Å²) in [6, 6.07) is 7.71. The van der Waals surface area contributed by atoms with E-state index in [0.717, 1.165) is 36.8 Å². The summed E-state index contributed by atoms with van der Waals surface area (Å²) in [5, 5.41) is 0. The van der Waals surface area contributed by atoms with E-state index < -0.39 is 10.0 Å². The Morgan fingerprint density at radius 1 is 1.20 bits per heavy atom. The largest absolute Gasteiger partial charge is 0.326 e. The molecule has 5 heteroatoms. The lowest BCUT2D eigenvalue weighted by atomic mass is 10.0. The van der Waals surface area contributed by atoms with Crippen LogP contribution in [0.4, 0.5) is 0 Å². The van der Waals surface area contributed by atoms with Crippen LogP contribution in [0.1, 0.15) is 43.7 Å². The van der Waals surface area contributed by atoms with Crippen LogP contribution in [0.5, 0.6) is 0 Å². The third kappa shape index (κ3) is 3.59. The van der Waals surface area contributed by atoms with Gasteiger partial charge in [0.05, 0.1) is 5.75 Å². The van der Waals surface area contributed by atoms with Crippen molar-refractivity contribution in [3.05, 3.63) is 35.4 Å². The Kier molecular flexibility index (Phi) is 5.18. The molecular formula is C15H24N2O2S. The molecule has 0 radical (unpaired) electrons. The molecule has 1 aliphatic rings. The Balaban J connectivity index is 2.12. The van der Waals surface area contributed by atoms with Gasteiger partial charge in [0.15, 0.2) is 0 Å². The summed E-state index contributed by atoms with van der Waals surface area (Å²) in [5.74, 6) is 0.0916. The van der Waals surface area contributed by atoms with Crippen molar-refractivity contribution in [3.63, 3.8) is 0 Å². The lowest BCUT2D eigenvalue weighted by Crippen LogP contribution is -2.43. The standard InChI is InChI=1S/C15H24N2O2S/c1-2-15-5-3-4-10-17(15)20(18,19)12-14-8-6-13(11-16)7-9-14/h6-9,15H,2-5,10-12,16H2,1H3. The second-order valence-corrected chi connectivity index (χ2v) is 7.37. The molecule has 1 unspecified atom stereocenters. The van der Waals surface area contributed by atoms with Crippen molar-refractivity contribution in [2.45, 2.75) is 50.9 Å². The van der Waals surface area contributed by atoms with Crippen molar-refractivity contribution in [1.82, 2.24) is 4.31 Å². The molecule has 1 aromatic carbocycles. The van der Waals surface area contributed by atoms with Gasteiger partial charge in [-0.25, -0.2) is 8.42 Å². The van der Waals surface area contributed by atoms with E-state index in [9.17, 15) is 8.42 Å². The minimum absolute atomic E-state index is 0.0916. The molecule has 1 aliphatic heterocycles. The van der Waals surface area contributed by atoms with Gasteiger partial charge in [0.25, 0.3) is 0 Å². The number of piperidine rings is 1. The molecule has 1 saturated heterocycles. The minimum Gasteiger partial charge on any atom is -0.326 e. The number of sulfonamides is 1. The summed E-state index contributed by atoms with van der Waals surface area (Å²) in [7, 11) is -3.22. The zero-order valence-electron chi connectivity index (χ0n) is 12.1. The van der Waals surface area contributed by atoms with Crippen LogP contribution in [0.25, 0.3) is 0 Å². The molecule has 0 spiro atoms. The number of rotatable bonds is 5. The average Bonchev–Trinajstić information content (AvgIpc) is 2.47. The first-order valence-corrected chi connectivity index (χ1v) is 8.95. The van der Waals surface area contributed by atoms with Gasteiger partial charge in [0.1, 0.15) is 0 Å². The van der Waals surface area contributed by atoms with Crippen LogP contribution in [0.15, 0.2) is 24.3 Å². The fraction of sp³-hybridized carbons (Fsp3) is 0.600. The van der Waals surface area contributed by atoms with Crippen LogP contribution >= 0.6 is 0 Å². The van der Waals surface area contributed by atoms with Crippen LogP contribution in [0.2, 0.25) is 0 Å². The maximum atomic E-state index is 12.6. The van der Waals surface area contributed by atoms with Crippen LogP contribution in [0, 0.1) is 0 Å². The molecule has 0 saturated carbocycles. The molecule has 1 fully saturated rings. The van der Waals surface area contributed by atoms with E-state index in [2.05, 4.69) is 6.92 Å². The Labute approximate surface area is 122 Å². The van der Waals surface area contributed by atoms with Gasteiger partial charge in [0, 0.05) is 19.1 Å². The zero-order valence-corrected chi connectivity index (χ0v) is 12.9. The van der Waals surface area contributed by atoms with Crippen molar-refractivity contribution in [2.24, 2.45) is 5.73 Å². The zero-order chi connectivity index (χ0) is 14.6. The number of nitrogens with two attached hydrogens (primary N) is 1. The molecule has 2 rings (SSSR count). The van der Waals surface area contributed by atoms with Crippen molar-refractivity contribution in [3.8, 4) is 0 Å². The number of hydrogen-bond acceptors (Lipinski definition) is 3. The third-order valence-corrected chi connectivity index (χ3v) is 5.90. The van der Waals surface area contributed by atoms with Crippen molar-refractivity contribution in [1.29, 1.82) is 0 Å². The van der Waals surface area contributed by atoms with E-state index in [-0.39, 0.29) is 11.8 Å². The smallest absolute Gasteiger partial charge is 0.218 e. The predicted molar refractivity (Wildman–Crippen MR) is 81.6 cm³/mol. The maximum absolute atomic E-state index is 12.6. The topological polar surface area (TPSA) is 63.4 Å². The molecule has 112 valence electrons. The number of hydrogen-bond donors (Lipinski definition) is 1. The molecular weight excluding hydrogens is 272 g/mol. The molecule has 0 bridgehead atoms. The second kappa shape index (κ2) is 6.70. The quantitative estimate of drug-likeness (QED) is 0.906. The molecule has 1 aromatic rings. The lowest BCUT2D eigenvalue weighted by molar-refractivity contribution is 0.246. The molecule has 0 amide bonds. The lowest BCUT2D eigenvalue weighted by Gasteiger charge is -2.34. The van der Waals surface area contributed by atoms with E-state index in [1.165, 1.54) is 0 Å². The highest BCUT2D eigenvalue weighted by atomic mass is 32.2. The first-order chi connectivity index (χ1) is 9.56. The van der Waals surface area contributed by atoms with Gasteiger partial charge in [-0.05, 0) is 30.4 Å². The Bertz CT molecular complexity index is 525. The summed E-state index contributed by atoms with van der Waals surface area (Å²) in [4.78, 5) is 0. The highest BCUT2D eigenvalue weighted by Crippen LogP contribution is 2.24. The first-order valence-electron chi connectivity index (χ1n) is 7.34. The first kappa shape index (κ1) is 15.5. The third-order valence-electron chi connectivity index (χ3n) is 4.01. The number of nitrogens with zero attached hydrogens (tertiary/aromatic N) is 1. The molecule has 0 aromatic heterocycles. The Morgan fingerprint density at radius 3 is 2.45 bits per heavy atom. The fourth-order valence-electron chi connectivity index (χ4n) is 2.81. The molecule has 1 heterocycles. The second-order valence-electron chi connectivity index (χ2n) is 5.45. The fourth-order valence-corrected chi connectivity index (χ4v) is 4.71. The van der Waals surface area contributed by atoms with Crippen LogP contribution in [0.3, 0.4) is 0 Å². The van der Waals surface area contributed by atoms with Crippen LogP contribution in [-0.2, 0) is 22.3 Å². The van der Waals surface area contributed by atoms with Crippen LogP contribution in [-0.4, -0.2) is 25.3 Å². The highest BCUT2D eigenvalue weighted by Gasteiger charge is 2.30. The van der Waals surface area contributed by atoms with Gasteiger partial charge in [-0.2, -0.15) is 4.31 Å². The van der Waals surface area contributed by atoms with E-state index >= 15 is 0 Å². The summed E-state index contributed by atoms with van der Waals surface area (Å²) < 4.78 is 26.9. The van der Waals surface area contributed by atoms with E-state index in [1.807, 2.05) is 24.3 Å². The van der Waals surface area contributed by atoms with Crippen molar-refractivity contribution < 1.29 is 8.42 Å². The summed E-state index contributed by atoms with van der Waals surface area (Å²) in [5.41, 5.74) is 7.41. The molecule has 2 N–H and O–H groups in total. The minimum atomic E-state index is -3.22. The highest BCUT2D eigenvalue weighted by molar-refractivity contribution is 7.88. The van der Waals surface area contributed by atoms with Gasteiger partial charge in [-0.15, -0.1) is 0 Å². The molecule has 1 atom stereocenters. The maximum Gasteiger partial charge on any atom is 0.218 e. The predicted octanol–water partition coefficient (Wildman–Crippen LogP) is 2.24. The van der Waals surface area contributed by atoms with E-state index in [1.54, 1.807) is 4.31 Å². The molecule has 4 nitrogen and oxygen atoms in total. The van der Waals surface area contributed by atoms with Gasteiger partial charge in [0.2, 0.25) is 10.0 Å². The van der Waals surface area contributed by atoms with Crippen molar-refractivity contribution in [2.75, 3.05) is 6.54 Å². The van der Waals surface area contributed by atoms with Crippen LogP contribution < -0.4 is 5.73 Å². The Morgan fingerprint density at radius 2 is 1.85 bits per heavy atom. The van der Waals surface area contributed by atoms with Crippen molar-refractivity contribution >= 4 is 10.0 Å². The van der Waals surface area contributed by atoms with Gasteiger partial charge in [-0.3, -0.25) is 0 Å². The normalized spacial score (nSPS) is 21.0.